The largest absolute Gasteiger partial charge is 0.376 e. The summed E-state index contributed by atoms with van der Waals surface area (Å²) in [5.74, 6) is 0.301. The van der Waals surface area contributed by atoms with E-state index in [9.17, 15) is 0 Å². The molecule has 0 bridgehead atoms. The Hall–Kier alpha value is -3.84. The summed E-state index contributed by atoms with van der Waals surface area (Å²) in [6.07, 6.45) is 0. The minimum absolute atomic E-state index is 0.301. The van der Waals surface area contributed by atoms with Gasteiger partial charge in [-0.2, -0.15) is 0 Å². The van der Waals surface area contributed by atoms with Gasteiger partial charge in [0.2, 0.25) is 0 Å². The molecule has 3 aromatic carbocycles. The molecule has 3 aromatic rings. The fourth-order valence-corrected chi connectivity index (χ4v) is 16.0. The van der Waals surface area contributed by atoms with Gasteiger partial charge < -0.3 is 29.4 Å². The molecule has 0 saturated heterocycles. The maximum atomic E-state index is 2.60. The van der Waals surface area contributed by atoms with E-state index in [1.54, 1.807) is 5.20 Å². The molecule has 52 heavy (non-hydrogen) atoms. The summed E-state index contributed by atoms with van der Waals surface area (Å²) in [6.45, 7) is 23.9. The standard InChI is InChI=1S/C45H70N6Si/c1-26-27(2)35(10)45(34(26)9)52(39-23-36(46(11)12)42(49(17)18)31(6)28(39)3,40-24-37(47(13)14)43(50(19)20)32(7)29(40)4)41-25-38(48(15)16)44(51(21)22)33(8)30(41)5/h23-25,34H,1-22H3. The molecule has 284 valence electrons. The average Bonchev–Trinajstić information content (AvgIpc) is 3.23. The van der Waals surface area contributed by atoms with Crippen LogP contribution in [-0.2, 0) is 0 Å². The van der Waals surface area contributed by atoms with E-state index in [0.29, 0.717) is 5.92 Å². The van der Waals surface area contributed by atoms with Gasteiger partial charge in [-0.25, -0.2) is 0 Å². The number of hydrogen-bond donors (Lipinski definition) is 0. The molecule has 0 N–H and O–H groups in total. The number of rotatable bonds is 10. The Balaban J connectivity index is 2.58. The molecule has 1 atom stereocenters. The summed E-state index contributed by atoms with van der Waals surface area (Å²) in [7, 11) is 23.3. The first-order valence-electron chi connectivity index (χ1n) is 18.8. The Bertz CT molecular complexity index is 1780. The number of nitrogens with zero attached hydrogens (tertiary/aromatic N) is 6. The van der Waals surface area contributed by atoms with E-state index in [1.165, 1.54) is 99.8 Å². The molecule has 4 rings (SSSR count). The van der Waals surface area contributed by atoms with E-state index in [2.05, 4.69) is 201 Å². The third kappa shape index (κ3) is 6.11. The molecule has 1 unspecified atom stereocenters. The van der Waals surface area contributed by atoms with Crippen molar-refractivity contribution in [2.24, 2.45) is 5.92 Å². The molecule has 0 radical (unpaired) electrons. The van der Waals surface area contributed by atoms with E-state index in [1.807, 2.05) is 0 Å². The zero-order chi connectivity index (χ0) is 39.6. The van der Waals surface area contributed by atoms with Crippen LogP contribution in [-0.4, -0.2) is 92.6 Å². The van der Waals surface area contributed by atoms with Gasteiger partial charge in [-0.05, 0) is 141 Å². The lowest BCUT2D eigenvalue weighted by Crippen LogP contribution is -2.72. The van der Waals surface area contributed by atoms with Gasteiger partial charge >= 0.3 is 0 Å². The van der Waals surface area contributed by atoms with Crippen molar-refractivity contribution < 1.29 is 0 Å². The topological polar surface area (TPSA) is 19.4 Å². The van der Waals surface area contributed by atoms with Crippen LogP contribution in [0, 0.1) is 47.5 Å². The van der Waals surface area contributed by atoms with Crippen molar-refractivity contribution in [3.05, 3.63) is 73.5 Å². The number of hydrogen-bond acceptors (Lipinski definition) is 6. The van der Waals surface area contributed by atoms with E-state index >= 15 is 0 Å². The van der Waals surface area contributed by atoms with Crippen molar-refractivity contribution in [3.63, 3.8) is 0 Å². The second kappa shape index (κ2) is 14.5. The molecular weight excluding hydrogens is 653 g/mol. The second-order valence-electron chi connectivity index (χ2n) is 16.8. The summed E-state index contributed by atoms with van der Waals surface area (Å²) in [6, 6.07) is 7.81. The smallest absolute Gasteiger partial charge is 0.177 e. The molecule has 0 heterocycles. The van der Waals surface area contributed by atoms with Crippen molar-refractivity contribution in [2.75, 3.05) is 114 Å². The highest BCUT2D eigenvalue weighted by Crippen LogP contribution is 2.46. The highest BCUT2D eigenvalue weighted by molar-refractivity contribution is 7.17. The Kier molecular flexibility index (Phi) is 11.4. The number of benzene rings is 3. The van der Waals surface area contributed by atoms with E-state index in [0.717, 1.165) is 0 Å². The van der Waals surface area contributed by atoms with Gasteiger partial charge in [0, 0.05) is 84.6 Å². The van der Waals surface area contributed by atoms with Crippen LogP contribution >= 0.6 is 0 Å². The molecule has 1 aliphatic carbocycles. The Morgan fingerprint density at radius 1 is 0.385 bits per heavy atom. The average molecular weight is 723 g/mol. The van der Waals surface area contributed by atoms with Crippen molar-refractivity contribution >= 4 is 57.8 Å². The Labute approximate surface area is 319 Å². The van der Waals surface area contributed by atoms with Gasteiger partial charge in [-0.1, -0.05) is 23.3 Å². The van der Waals surface area contributed by atoms with E-state index in [-0.39, 0.29) is 0 Å². The third-order valence-corrected chi connectivity index (χ3v) is 18.2. The highest BCUT2D eigenvalue weighted by atomic mass is 28.3. The van der Waals surface area contributed by atoms with Crippen molar-refractivity contribution in [1.82, 2.24) is 0 Å². The summed E-state index contributed by atoms with van der Waals surface area (Å²) >= 11 is 0. The predicted octanol–water partition coefficient (Wildman–Crippen LogP) is 7.25. The van der Waals surface area contributed by atoms with Crippen LogP contribution in [0.2, 0.25) is 0 Å². The molecule has 0 saturated carbocycles. The van der Waals surface area contributed by atoms with Crippen LogP contribution in [0.15, 0.2) is 40.1 Å². The first-order chi connectivity index (χ1) is 24.0. The highest BCUT2D eigenvalue weighted by Gasteiger charge is 2.52. The van der Waals surface area contributed by atoms with Gasteiger partial charge in [-0.3, -0.25) is 0 Å². The van der Waals surface area contributed by atoms with Crippen LogP contribution in [0.1, 0.15) is 61.1 Å². The second-order valence-corrected chi connectivity index (χ2v) is 20.5. The predicted molar refractivity (Wildman–Crippen MR) is 239 cm³/mol. The first-order valence-corrected chi connectivity index (χ1v) is 20.8. The molecule has 0 spiro atoms. The zero-order valence-electron chi connectivity index (χ0n) is 37.0. The summed E-state index contributed by atoms with van der Waals surface area (Å²) in [4.78, 5) is 13.9. The lowest BCUT2D eigenvalue weighted by Gasteiger charge is -2.44. The maximum Gasteiger partial charge on any atom is 0.177 e. The van der Waals surface area contributed by atoms with Crippen LogP contribution in [0.4, 0.5) is 34.1 Å². The Morgan fingerprint density at radius 2 is 0.654 bits per heavy atom. The summed E-state index contributed by atoms with van der Waals surface area (Å²) in [5.41, 5.74) is 20.4. The van der Waals surface area contributed by atoms with Crippen molar-refractivity contribution in [2.45, 2.75) is 69.2 Å². The first kappa shape index (κ1) is 40.9. The van der Waals surface area contributed by atoms with Gasteiger partial charge in [0.25, 0.3) is 0 Å². The van der Waals surface area contributed by atoms with E-state index < -0.39 is 8.07 Å². The van der Waals surface area contributed by atoms with Crippen molar-refractivity contribution in [1.29, 1.82) is 0 Å². The van der Waals surface area contributed by atoms with Crippen LogP contribution in [0.25, 0.3) is 0 Å². The van der Waals surface area contributed by atoms with Gasteiger partial charge in [-0.15, -0.1) is 0 Å². The lowest BCUT2D eigenvalue weighted by molar-refractivity contribution is 0.851. The SMILES string of the molecule is CC1=C(C)C(C)C([Si](c2cc(N(C)C)c(N(C)C)c(C)c2C)(c2cc(N(C)C)c(N(C)C)c(C)c2C)c2cc(N(C)C)c(N(C)C)c(C)c2C)=C1C. The zero-order valence-corrected chi connectivity index (χ0v) is 38.0. The molecule has 0 aliphatic heterocycles. The number of anilines is 6. The summed E-state index contributed by atoms with van der Waals surface area (Å²) < 4.78 is 0. The Morgan fingerprint density at radius 3 is 0.846 bits per heavy atom. The summed E-state index contributed by atoms with van der Waals surface area (Å²) in [5, 5.41) is 6.12. The van der Waals surface area contributed by atoms with Gasteiger partial charge in [0.15, 0.2) is 8.07 Å². The monoisotopic (exact) mass is 723 g/mol. The molecule has 6 nitrogen and oxygen atoms in total. The van der Waals surface area contributed by atoms with Gasteiger partial charge in [0.05, 0.1) is 34.1 Å². The molecule has 7 heteroatoms. The van der Waals surface area contributed by atoms with Crippen LogP contribution in [0.5, 0.6) is 0 Å². The molecule has 1 aliphatic rings. The maximum absolute atomic E-state index is 3.13. The molecular formula is C45H70N6Si. The quantitative estimate of drug-likeness (QED) is 0.161. The minimum Gasteiger partial charge on any atom is -0.376 e. The lowest BCUT2D eigenvalue weighted by atomic mass is 10.0. The van der Waals surface area contributed by atoms with Crippen molar-refractivity contribution in [3.8, 4) is 0 Å². The van der Waals surface area contributed by atoms with Crippen LogP contribution < -0.4 is 45.0 Å². The normalized spacial score (nSPS) is 14.8. The minimum atomic E-state index is -3.13. The molecule has 0 aromatic heterocycles. The molecule has 0 amide bonds. The van der Waals surface area contributed by atoms with E-state index in [4.69, 9.17) is 0 Å². The van der Waals surface area contributed by atoms with Crippen LogP contribution in [0.3, 0.4) is 0 Å². The van der Waals surface area contributed by atoms with Gasteiger partial charge in [0.1, 0.15) is 0 Å². The third-order valence-electron chi connectivity index (χ3n) is 12.6. The fourth-order valence-electron chi connectivity index (χ4n) is 9.38. The fraction of sp³-hybridized carbons (Fsp3) is 0.511. The molecule has 0 fully saturated rings. The number of allylic oxidation sites excluding steroid dienone is 4.